The van der Waals surface area contributed by atoms with Crippen LogP contribution in [0.5, 0.6) is 11.5 Å². The van der Waals surface area contributed by atoms with E-state index in [9.17, 15) is 4.79 Å². The van der Waals surface area contributed by atoms with E-state index in [1.165, 1.54) is 5.56 Å². The van der Waals surface area contributed by atoms with Crippen LogP contribution >= 0.6 is 11.8 Å². The third-order valence-electron chi connectivity index (χ3n) is 3.17. The molecule has 0 saturated carbocycles. The number of carbonyl (C=O) groups is 1. The molecule has 0 aliphatic heterocycles. The van der Waals surface area contributed by atoms with Gasteiger partial charge >= 0.3 is 0 Å². The van der Waals surface area contributed by atoms with E-state index in [0.717, 1.165) is 22.9 Å². The summed E-state index contributed by atoms with van der Waals surface area (Å²) in [5.74, 6) is 2.84. The number of methoxy groups -OCH3 is 1. The number of hydrogen-bond donors (Lipinski definition) is 1. The van der Waals surface area contributed by atoms with E-state index >= 15 is 0 Å². The first-order valence-electron chi connectivity index (χ1n) is 7.84. The van der Waals surface area contributed by atoms with Crippen molar-refractivity contribution < 1.29 is 14.3 Å². The fourth-order valence-corrected chi connectivity index (χ4v) is 2.86. The van der Waals surface area contributed by atoms with Crippen molar-refractivity contribution >= 4 is 23.4 Å². The summed E-state index contributed by atoms with van der Waals surface area (Å²) < 4.78 is 10.7. The van der Waals surface area contributed by atoms with Crippen molar-refractivity contribution in [2.45, 2.75) is 25.7 Å². The summed E-state index contributed by atoms with van der Waals surface area (Å²) in [5, 5.41) is 2.89. The molecule has 2 aromatic rings. The lowest BCUT2D eigenvalue weighted by atomic mass is 10.2. The predicted octanol–water partition coefficient (Wildman–Crippen LogP) is 4.35. The van der Waals surface area contributed by atoms with Gasteiger partial charge in [0.15, 0.2) is 0 Å². The summed E-state index contributed by atoms with van der Waals surface area (Å²) in [6.07, 6.45) is 0.139. The second kappa shape index (κ2) is 9.23. The highest BCUT2D eigenvalue weighted by Gasteiger charge is 2.04. The average Bonchev–Trinajstić information content (AvgIpc) is 2.57. The first-order chi connectivity index (χ1) is 11.6. The van der Waals surface area contributed by atoms with Gasteiger partial charge in [-0.25, -0.2) is 0 Å². The van der Waals surface area contributed by atoms with Crippen molar-refractivity contribution in [3.8, 4) is 11.5 Å². The summed E-state index contributed by atoms with van der Waals surface area (Å²) >= 11 is 1.58. The molecule has 2 rings (SSSR count). The number of carbonyl (C=O) groups excluding carboxylic acids is 1. The monoisotopic (exact) mass is 345 g/mol. The summed E-state index contributed by atoms with van der Waals surface area (Å²) in [6.45, 7) is 3.96. The Kier molecular flexibility index (Phi) is 7.00. The molecular weight excluding hydrogens is 322 g/mol. The Morgan fingerprint density at radius 3 is 2.25 bits per heavy atom. The molecule has 0 aliphatic rings. The van der Waals surface area contributed by atoms with Crippen molar-refractivity contribution in [1.29, 1.82) is 0 Å². The maximum atomic E-state index is 12.0. The number of hydrogen-bond acceptors (Lipinski definition) is 4. The van der Waals surface area contributed by atoms with Gasteiger partial charge in [-0.3, -0.25) is 4.79 Å². The Bertz CT molecular complexity index is 639. The Balaban J connectivity index is 1.74. The zero-order valence-electron chi connectivity index (χ0n) is 14.2. The van der Waals surface area contributed by atoms with Crippen LogP contribution in [0.4, 0.5) is 5.69 Å². The van der Waals surface area contributed by atoms with Gasteiger partial charge in [-0.05, 0) is 55.8 Å². The minimum atomic E-state index is -0.00830. The number of ether oxygens (including phenoxy) is 2. The van der Waals surface area contributed by atoms with E-state index in [0.29, 0.717) is 5.75 Å². The third-order valence-corrected chi connectivity index (χ3v) is 4.17. The predicted molar refractivity (Wildman–Crippen MR) is 100.0 cm³/mol. The molecule has 2 aromatic carbocycles. The molecule has 0 radical (unpaired) electrons. The molecule has 1 N–H and O–H groups in total. The summed E-state index contributed by atoms with van der Waals surface area (Å²) in [7, 11) is 1.65. The number of benzene rings is 2. The molecular formula is C19H23NO3S. The lowest BCUT2D eigenvalue weighted by Crippen LogP contribution is -2.14. The molecule has 0 spiro atoms. The van der Waals surface area contributed by atoms with Crippen LogP contribution < -0.4 is 14.8 Å². The lowest BCUT2D eigenvalue weighted by molar-refractivity contribution is -0.113. The number of nitrogens with one attached hydrogen (secondary N) is 1. The molecule has 4 nitrogen and oxygen atoms in total. The van der Waals surface area contributed by atoms with Crippen molar-refractivity contribution in [1.82, 2.24) is 0 Å². The van der Waals surface area contributed by atoms with E-state index in [2.05, 4.69) is 5.32 Å². The van der Waals surface area contributed by atoms with Gasteiger partial charge in [0.05, 0.1) is 19.0 Å². The summed E-state index contributed by atoms with van der Waals surface area (Å²) in [5.41, 5.74) is 1.95. The highest BCUT2D eigenvalue weighted by atomic mass is 32.2. The number of anilines is 1. The molecule has 0 fully saturated rings. The Morgan fingerprint density at radius 1 is 1.04 bits per heavy atom. The van der Waals surface area contributed by atoms with Gasteiger partial charge in [0.2, 0.25) is 5.91 Å². The molecule has 128 valence electrons. The van der Waals surface area contributed by atoms with Crippen molar-refractivity contribution in [3.63, 3.8) is 0 Å². The number of rotatable bonds is 8. The Hall–Kier alpha value is -2.14. The zero-order valence-corrected chi connectivity index (χ0v) is 15.1. The second-order valence-corrected chi connectivity index (χ2v) is 6.57. The fourth-order valence-electron chi connectivity index (χ4n) is 2.07. The molecule has 0 unspecified atom stereocenters. The van der Waals surface area contributed by atoms with Crippen LogP contribution in [0.15, 0.2) is 48.5 Å². The average molecular weight is 345 g/mol. The SMILES string of the molecule is COc1ccc(CSCC(=O)Nc2ccc(OC(C)C)cc2)cc1. The van der Waals surface area contributed by atoms with Gasteiger partial charge in [0, 0.05) is 11.4 Å². The number of thioether (sulfide) groups is 1. The summed E-state index contributed by atoms with van der Waals surface area (Å²) in [6, 6.07) is 15.3. The van der Waals surface area contributed by atoms with Crippen LogP contribution in [0, 0.1) is 0 Å². The largest absolute Gasteiger partial charge is 0.497 e. The van der Waals surface area contributed by atoms with Crippen molar-refractivity contribution in [2.24, 2.45) is 0 Å². The standard InChI is InChI=1S/C19H23NO3S/c1-14(2)23-18-10-6-16(7-11-18)20-19(21)13-24-12-15-4-8-17(22-3)9-5-15/h4-11,14H,12-13H2,1-3H3,(H,20,21). The van der Waals surface area contributed by atoms with Gasteiger partial charge in [0.1, 0.15) is 11.5 Å². The minimum Gasteiger partial charge on any atom is -0.497 e. The highest BCUT2D eigenvalue weighted by Crippen LogP contribution is 2.19. The summed E-state index contributed by atoms with van der Waals surface area (Å²) in [4.78, 5) is 12.0. The molecule has 1 amide bonds. The van der Waals surface area contributed by atoms with Crippen LogP contribution in [0.1, 0.15) is 19.4 Å². The first-order valence-corrected chi connectivity index (χ1v) is 8.99. The Morgan fingerprint density at radius 2 is 1.67 bits per heavy atom. The topological polar surface area (TPSA) is 47.6 Å². The number of amides is 1. The fraction of sp³-hybridized carbons (Fsp3) is 0.316. The van der Waals surface area contributed by atoms with Gasteiger partial charge in [-0.1, -0.05) is 12.1 Å². The van der Waals surface area contributed by atoms with Gasteiger partial charge in [-0.2, -0.15) is 0 Å². The molecule has 0 aliphatic carbocycles. The van der Waals surface area contributed by atoms with Crippen molar-refractivity contribution in [3.05, 3.63) is 54.1 Å². The van der Waals surface area contributed by atoms with Crippen LogP contribution in [0.2, 0.25) is 0 Å². The molecule has 0 heterocycles. The zero-order chi connectivity index (χ0) is 17.4. The molecule has 0 saturated heterocycles. The van der Waals surface area contributed by atoms with E-state index in [-0.39, 0.29) is 12.0 Å². The normalized spacial score (nSPS) is 10.5. The third kappa shape index (κ3) is 6.16. The molecule has 5 heteroatoms. The van der Waals surface area contributed by atoms with Crippen LogP contribution in [-0.2, 0) is 10.5 Å². The highest BCUT2D eigenvalue weighted by molar-refractivity contribution is 7.99. The molecule has 0 atom stereocenters. The Labute approximate surface area is 147 Å². The first kappa shape index (κ1) is 18.2. The van der Waals surface area contributed by atoms with Gasteiger partial charge < -0.3 is 14.8 Å². The molecule has 0 bridgehead atoms. The molecule has 0 aromatic heterocycles. The quantitative estimate of drug-likeness (QED) is 0.772. The maximum absolute atomic E-state index is 12.0. The van der Waals surface area contributed by atoms with E-state index in [1.54, 1.807) is 18.9 Å². The molecule has 24 heavy (non-hydrogen) atoms. The van der Waals surface area contributed by atoms with E-state index < -0.39 is 0 Å². The van der Waals surface area contributed by atoms with Crippen LogP contribution in [0.25, 0.3) is 0 Å². The van der Waals surface area contributed by atoms with Gasteiger partial charge in [-0.15, -0.1) is 11.8 Å². The van der Waals surface area contributed by atoms with Crippen molar-refractivity contribution in [2.75, 3.05) is 18.2 Å². The van der Waals surface area contributed by atoms with E-state index in [4.69, 9.17) is 9.47 Å². The van der Waals surface area contributed by atoms with Crippen LogP contribution in [-0.4, -0.2) is 24.9 Å². The smallest absolute Gasteiger partial charge is 0.234 e. The second-order valence-electron chi connectivity index (χ2n) is 5.58. The lowest BCUT2D eigenvalue weighted by Gasteiger charge is -2.10. The van der Waals surface area contributed by atoms with Gasteiger partial charge in [0.25, 0.3) is 0 Å². The van der Waals surface area contributed by atoms with E-state index in [1.807, 2.05) is 62.4 Å². The minimum absolute atomic E-state index is 0.00830. The van der Waals surface area contributed by atoms with Crippen LogP contribution in [0.3, 0.4) is 0 Å². The maximum Gasteiger partial charge on any atom is 0.234 e.